The minimum absolute atomic E-state index is 0.180. The molecule has 0 aliphatic heterocycles. The van der Waals surface area contributed by atoms with E-state index in [0.29, 0.717) is 5.69 Å². The lowest BCUT2D eigenvalue weighted by Gasteiger charge is -2.09. The van der Waals surface area contributed by atoms with Crippen LogP contribution in [-0.2, 0) is 16.0 Å². The number of ether oxygens (including phenoxy) is 1. The summed E-state index contributed by atoms with van der Waals surface area (Å²) in [5.74, 6) is -0.694. The van der Waals surface area contributed by atoms with Crippen molar-refractivity contribution in [2.45, 2.75) is 13.3 Å². The van der Waals surface area contributed by atoms with Crippen LogP contribution in [0.15, 0.2) is 46.9 Å². The standard InChI is InChI=1S/C17H15BrClNO3/c1-2-23-17(22)14-10-13(6-7-15(14)19)20-16(21)9-11-4-3-5-12(18)8-11/h3-8,10H,2,9H2,1H3,(H,20,21). The maximum atomic E-state index is 12.1. The molecule has 0 spiro atoms. The molecule has 0 saturated heterocycles. The van der Waals surface area contributed by atoms with E-state index in [1.54, 1.807) is 19.1 Å². The summed E-state index contributed by atoms with van der Waals surface area (Å²) in [6.07, 6.45) is 0.233. The van der Waals surface area contributed by atoms with Gasteiger partial charge in [-0.15, -0.1) is 0 Å². The molecule has 0 aliphatic carbocycles. The first-order valence-electron chi connectivity index (χ1n) is 7.00. The van der Waals surface area contributed by atoms with Crippen molar-refractivity contribution >= 4 is 45.1 Å². The number of carbonyl (C=O) groups is 2. The Hall–Kier alpha value is -1.85. The van der Waals surface area contributed by atoms with Crippen LogP contribution >= 0.6 is 27.5 Å². The van der Waals surface area contributed by atoms with E-state index in [1.807, 2.05) is 24.3 Å². The predicted octanol–water partition coefficient (Wildman–Crippen LogP) is 4.46. The zero-order valence-corrected chi connectivity index (χ0v) is 14.8. The molecular weight excluding hydrogens is 382 g/mol. The van der Waals surface area contributed by atoms with Crippen LogP contribution in [0.5, 0.6) is 0 Å². The molecule has 1 N–H and O–H groups in total. The van der Waals surface area contributed by atoms with Crippen LogP contribution in [-0.4, -0.2) is 18.5 Å². The zero-order valence-electron chi connectivity index (χ0n) is 12.4. The second-order valence-corrected chi connectivity index (χ2v) is 6.09. The second kappa shape index (κ2) is 8.13. The molecule has 0 bridgehead atoms. The molecule has 0 unspecified atom stereocenters. The highest BCUT2D eigenvalue weighted by atomic mass is 79.9. The molecule has 0 fully saturated rings. The van der Waals surface area contributed by atoms with Crippen LogP contribution < -0.4 is 5.32 Å². The van der Waals surface area contributed by atoms with Crippen molar-refractivity contribution in [2.75, 3.05) is 11.9 Å². The topological polar surface area (TPSA) is 55.4 Å². The van der Waals surface area contributed by atoms with E-state index in [2.05, 4.69) is 21.2 Å². The van der Waals surface area contributed by atoms with Gasteiger partial charge in [0.15, 0.2) is 0 Å². The first-order chi connectivity index (χ1) is 11.0. The summed E-state index contributed by atoms with van der Waals surface area (Å²) in [6, 6.07) is 12.2. The van der Waals surface area contributed by atoms with Crippen LogP contribution in [0.1, 0.15) is 22.8 Å². The van der Waals surface area contributed by atoms with Crippen LogP contribution in [0.2, 0.25) is 5.02 Å². The average molecular weight is 397 g/mol. The van der Waals surface area contributed by atoms with Crippen molar-refractivity contribution in [3.8, 4) is 0 Å². The number of nitrogens with one attached hydrogen (secondary N) is 1. The largest absolute Gasteiger partial charge is 0.462 e. The van der Waals surface area contributed by atoms with E-state index in [-0.39, 0.29) is 29.5 Å². The molecule has 0 aromatic heterocycles. The summed E-state index contributed by atoms with van der Waals surface area (Å²) in [4.78, 5) is 23.9. The molecule has 2 aromatic carbocycles. The number of esters is 1. The summed E-state index contributed by atoms with van der Waals surface area (Å²) in [6.45, 7) is 1.98. The SMILES string of the molecule is CCOC(=O)c1cc(NC(=O)Cc2cccc(Br)c2)ccc1Cl. The third-order valence-electron chi connectivity index (χ3n) is 3.00. The maximum Gasteiger partial charge on any atom is 0.339 e. The van der Waals surface area contributed by atoms with Crippen molar-refractivity contribution in [3.63, 3.8) is 0 Å². The highest BCUT2D eigenvalue weighted by Crippen LogP contribution is 2.22. The lowest BCUT2D eigenvalue weighted by atomic mass is 10.1. The number of halogens is 2. The van der Waals surface area contributed by atoms with Crippen LogP contribution in [0, 0.1) is 0 Å². The molecule has 0 atom stereocenters. The maximum absolute atomic E-state index is 12.1. The number of amides is 1. The molecule has 6 heteroatoms. The van der Waals surface area contributed by atoms with Crippen LogP contribution in [0.4, 0.5) is 5.69 Å². The van der Waals surface area contributed by atoms with Crippen LogP contribution in [0.25, 0.3) is 0 Å². The van der Waals surface area contributed by atoms with Crippen molar-refractivity contribution in [1.29, 1.82) is 0 Å². The van der Waals surface area contributed by atoms with Crippen molar-refractivity contribution in [2.24, 2.45) is 0 Å². The second-order valence-electron chi connectivity index (χ2n) is 4.77. The van der Waals surface area contributed by atoms with Gasteiger partial charge in [-0.25, -0.2) is 4.79 Å². The monoisotopic (exact) mass is 395 g/mol. The normalized spacial score (nSPS) is 10.2. The summed E-state index contributed by atoms with van der Waals surface area (Å²) in [5.41, 5.74) is 1.61. The van der Waals surface area contributed by atoms with Crippen molar-refractivity contribution in [3.05, 3.63) is 63.1 Å². The van der Waals surface area contributed by atoms with E-state index >= 15 is 0 Å². The van der Waals surface area contributed by atoms with Gasteiger partial charge in [0.1, 0.15) is 0 Å². The van der Waals surface area contributed by atoms with Gasteiger partial charge in [0.2, 0.25) is 5.91 Å². The molecule has 0 aliphatic rings. The van der Waals surface area contributed by atoms with E-state index in [9.17, 15) is 9.59 Å². The summed E-state index contributed by atoms with van der Waals surface area (Å²) < 4.78 is 5.85. The minimum atomic E-state index is -0.513. The third-order valence-corrected chi connectivity index (χ3v) is 3.82. The Labute approximate surface area is 147 Å². The fourth-order valence-electron chi connectivity index (χ4n) is 2.01. The van der Waals surface area contributed by atoms with E-state index in [4.69, 9.17) is 16.3 Å². The highest BCUT2D eigenvalue weighted by molar-refractivity contribution is 9.10. The first kappa shape index (κ1) is 17.5. The molecule has 2 aromatic rings. The molecular formula is C17H15BrClNO3. The smallest absolute Gasteiger partial charge is 0.339 e. The number of anilines is 1. The van der Waals surface area contributed by atoms with Gasteiger partial charge in [-0.3, -0.25) is 4.79 Å². The Balaban J connectivity index is 2.09. The Morgan fingerprint density at radius 1 is 1.22 bits per heavy atom. The van der Waals surface area contributed by atoms with Gasteiger partial charge >= 0.3 is 5.97 Å². The molecule has 1 amide bonds. The Bertz CT molecular complexity index is 734. The zero-order chi connectivity index (χ0) is 16.8. The minimum Gasteiger partial charge on any atom is -0.462 e. The predicted molar refractivity (Wildman–Crippen MR) is 93.9 cm³/mol. The molecule has 23 heavy (non-hydrogen) atoms. The fraction of sp³-hybridized carbons (Fsp3) is 0.176. The number of rotatable bonds is 5. The quantitative estimate of drug-likeness (QED) is 0.759. The Morgan fingerprint density at radius 2 is 2.00 bits per heavy atom. The summed E-state index contributed by atoms with van der Waals surface area (Å²) >= 11 is 9.36. The lowest BCUT2D eigenvalue weighted by Crippen LogP contribution is -2.15. The molecule has 0 heterocycles. The number of carbonyl (C=O) groups excluding carboxylic acids is 2. The number of hydrogen-bond acceptors (Lipinski definition) is 3. The van der Waals surface area contributed by atoms with E-state index in [1.165, 1.54) is 6.07 Å². The lowest BCUT2D eigenvalue weighted by molar-refractivity contribution is -0.115. The Kier molecular flexibility index (Phi) is 6.19. The van der Waals surface area contributed by atoms with Crippen molar-refractivity contribution < 1.29 is 14.3 Å². The summed E-state index contributed by atoms with van der Waals surface area (Å²) in [5, 5.41) is 3.04. The van der Waals surface area contributed by atoms with E-state index < -0.39 is 5.97 Å². The third kappa shape index (κ3) is 5.08. The van der Waals surface area contributed by atoms with Crippen molar-refractivity contribution in [1.82, 2.24) is 0 Å². The first-order valence-corrected chi connectivity index (χ1v) is 8.17. The van der Waals surface area contributed by atoms with E-state index in [0.717, 1.165) is 10.0 Å². The number of benzene rings is 2. The van der Waals surface area contributed by atoms with Gasteiger partial charge in [0, 0.05) is 10.2 Å². The van der Waals surface area contributed by atoms with Gasteiger partial charge in [0.05, 0.1) is 23.6 Å². The van der Waals surface area contributed by atoms with Gasteiger partial charge in [-0.1, -0.05) is 39.7 Å². The molecule has 0 saturated carbocycles. The number of hydrogen-bond donors (Lipinski definition) is 1. The van der Waals surface area contributed by atoms with Gasteiger partial charge in [-0.05, 0) is 42.8 Å². The molecule has 2 rings (SSSR count). The summed E-state index contributed by atoms with van der Waals surface area (Å²) in [7, 11) is 0. The highest BCUT2D eigenvalue weighted by Gasteiger charge is 2.13. The Morgan fingerprint density at radius 3 is 2.70 bits per heavy atom. The average Bonchev–Trinajstić information content (AvgIpc) is 2.49. The molecule has 0 radical (unpaired) electrons. The van der Waals surface area contributed by atoms with Gasteiger partial charge in [-0.2, -0.15) is 0 Å². The molecule has 4 nitrogen and oxygen atoms in total. The molecule has 120 valence electrons. The van der Waals surface area contributed by atoms with Crippen LogP contribution in [0.3, 0.4) is 0 Å². The van der Waals surface area contributed by atoms with Gasteiger partial charge < -0.3 is 10.1 Å². The van der Waals surface area contributed by atoms with Gasteiger partial charge in [0.25, 0.3) is 0 Å². The fourth-order valence-corrected chi connectivity index (χ4v) is 2.65.